The molecule has 0 atom stereocenters. The summed E-state index contributed by atoms with van der Waals surface area (Å²) in [4.78, 5) is 34.9. The summed E-state index contributed by atoms with van der Waals surface area (Å²) in [6.07, 6.45) is 0. The Hall–Kier alpha value is -1.86. The second kappa shape index (κ2) is 5.64. The van der Waals surface area contributed by atoms with Crippen molar-refractivity contribution in [3.63, 3.8) is 0 Å². The van der Waals surface area contributed by atoms with Crippen molar-refractivity contribution in [2.75, 3.05) is 19.6 Å². The van der Waals surface area contributed by atoms with E-state index in [-0.39, 0.29) is 28.1 Å². The quantitative estimate of drug-likeness (QED) is 0.660. The number of nitro benzene ring substituents is 1. The molecule has 2 rings (SSSR count). The van der Waals surface area contributed by atoms with E-state index in [9.17, 15) is 19.7 Å². The van der Waals surface area contributed by atoms with Gasteiger partial charge in [-0.1, -0.05) is 23.2 Å². The Labute approximate surface area is 123 Å². The highest BCUT2D eigenvalue weighted by Crippen LogP contribution is 2.33. The first-order valence-electron chi connectivity index (χ1n) is 5.59. The van der Waals surface area contributed by atoms with Crippen molar-refractivity contribution in [1.29, 1.82) is 0 Å². The number of nitrogens with zero attached hydrogens (tertiary/aromatic N) is 2. The van der Waals surface area contributed by atoms with Gasteiger partial charge in [-0.15, -0.1) is 0 Å². The second-order valence-corrected chi connectivity index (χ2v) is 4.91. The monoisotopic (exact) mass is 317 g/mol. The van der Waals surface area contributed by atoms with E-state index in [1.54, 1.807) is 0 Å². The Morgan fingerprint density at radius 2 is 2.10 bits per heavy atom. The van der Waals surface area contributed by atoms with Gasteiger partial charge in [0.05, 0.1) is 16.5 Å². The minimum Gasteiger partial charge on any atom is -0.353 e. The first-order valence-corrected chi connectivity index (χ1v) is 6.35. The maximum atomic E-state index is 12.2. The number of rotatable bonds is 2. The molecule has 2 amide bonds. The summed E-state index contributed by atoms with van der Waals surface area (Å²) in [7, 11) is 0. The van der Waals surface area contributed by atoms with Gasteiger partial charge in [0.2, 0.25) is 5.91 Å². The number of carbonyl (C=O) groups excluding carboxylic acids is 2. The predicted octanol–water partition coefficient (Wildman–Crippen LogP) is 1.47. The van der Waals surface area contributed by atoms with Crippen molar-refractivity contribution < 1.29 is 14.5 Å². The number of carbonyl (C=O) groups is 2. The second-order valence-electron chi connectivity index (χ2n) is 4.12. The number of nitro groups is 1. The van der Waals surface area contributed by atoms with Crippen LogP contribution in [-0.4, -0.2) is 41.3 Å². The lowest BCUT2D eigenvalue weighted by Crippen LogP contribution is -2.49. The summed E-state index contributed by atoms with van der Waals surface area (Å²) in [5, 5.41) is 13.1. The molecule has 1 aliphatic heterocycles. The molecule has 0 saturated carbocycles. The molecule has 1 aliphatic rings. The number of hydrogen-bond donors (Lipinski definition) is 1. The van der Waals surface area contributed by atoms with E-state index in [0.717, 1.165) is 6.07 Å². The molecular weight excluding hydrogens is 309 g/mol. The van der Waals surface area contributed by atoms with Crippen LogP contribution in [0.15, 0.2) is 12.1 Å². The summed E-state index contributed by atoms with van der Waals surface area (Å²) in [6.45, 7) is 0.583. The van der Waals surface area contributed by atoms with Crippen molar-refractivity contribution in [2.24, 2.45) is 0 Å². The molecule has 9 heteroatoms. The van der Waals surface area contributed by atoms with E-state index in [1.807, 2.05) is 0 Å². The molecule has 0 bridgehead atoms. The number of amides is 2. The van der Waals surface area contributed by atoms with Gasteiger partial charge in [0.15, 0.2) is 0 Å². The standard InChI is InChI=1S/C11H9Cl2N3O4/c12-7-3-6(4-8(10(7)13)16(19)20)11(18)15-2-1-14-9(17)5-15/h3-4H,1-2,5H2,(H,14,17). The highest BCUT2D eigenvalue weighted by molar-refractivity contribution is 6.43. The van der Waals surface area contributed by atoms with Crippen molar-refractivity contribution in [3.05, 3.63) is 37.9 Å². The molecule has 0 aromatic heterocycles. The normalized spacial score (nSPS) is 14.9. The first-order chi connectivity index (χ1) is 9.40. The van der Waals surface area contributed by atoms with Gasteiger partial charge >= 0.3 is 0 Å². The molecule has 1 N–H and O–H groups in total. The zero-order valence-electron chi connectivity index (χ0n) is 10.1. The van der Waals surface area contributed by atoms with Crippen LogP contribution in [0.2, 0.25) is 10.0 Å². The minimum absolute atomic E-state index is 0.0285. The minimum atomic E-state index is -0.714. The average Bonchev–Trinajstić information content (AvgIpc) is 2.40. The largest absolute Gasteiger partial charge is 0.353 e. The Morgan fingerprint density at radius 1 is 1.40 bits per heavy atom. The fraction of sp³-hybridized carbons (Fsp3) is 0.273. The number of piperazine rings is 1. The van der Waals surface area contributed by atoms with Crippen LogP contribution in [0.3, 0.4) is 0 Å². The molecular formula is C11H9Cl2N3O4. The van der Waals surface area contributed by atoms with E-state index in [2.05, 4.69) is 5.32 Å². The Kier molecular flexibility index (Phi) is 4.10. The van der Waals surface area contributed by atoms with Crippen molar-refractivity contribution in [2.45, 2.75) is 0 Å². The van der Waals surface area contributed by atoms with Gasteiger partial charge in [-0.2, -0.15) is 0 Å². The Morgan fingerprint density at radius 3 is 2.70 bits per heavy atom. The number of nitrogens with one attached hydrogen (secondary N) is 1. The molecule has 0 radical (unpaired) electrons. The fourth-order valence-corrected chi connectivity index (χ4v) is 2.22. The summed E-state index contributed by atoms with van der Waals surface area (Å²) in [5.41, 5.74) is -0.412. The van der Waals surface area contributed by atoms with Gasteiger partial charge in [-0.25, -0.2) is 0 Å². The summed E-state index contributed by atoms with van der Waals surface area (Å²) < 4.78 is 0. The maximum Gasteiger partial charge on any atom is 0.290 e. The summed E-state index contributed by atoms with van der Waals surface area (Å²) in [5.74, 6) is -0.777. The van der Waals surface area contributed by atoms with Crippen LogP contribution < -0.4 is 5.32 Å². The lowest BCUT2D eigenvalue weighted by atomic mass is 10.1. The topological polar surface area (TPSA) is 92.5 Å². The molecule has 20 heavy (non-hydrogen) atoms. The lowest BCUT2D eigenvalue weighted by Gasteiger charge is -2.26. The van der Waals surface area contributed by atoms with Gasteiger partial charge in [0.1, 0.15) is 5.02 Å². The van der Waals surface area contributed by atoms with E-state index in [1.165, 1.54) is 11.0 Å². The van der Waals surface area contributed by atoms with Crippen LogP contribution in [0.5, 0.6) is 0 Å². The van der Waals surface area contributed by atoms with Gasteiger partial charge in [-0.05, 0) is 6.07 Å². The maximum absolute atomic E-state index is 12.2. The fourth-order valence-electron chi connectivity index (χ4n) is 1.83. The van der Waals surface area contributed by atoms with Crippen molar-refractivity contribution in [3.8, 4) is 0 Å². The van der Waals surface area contributed by atoms with Gasteiger partial charge in [0, 0.05) is 24.7 Å². The molecule has 106 valence electrons. The molecule has 1 saturated heterocycles. The summed E-state index contributed by atoms with van der Waals surface area (Å²) in [6, 6.07) is 2.31. The van der Waals surface area contributed by atoms with E-state index < -0.39 is 16.5 Å². The zero-order chi connectivity index (χ0) is 14.9. The van der Waals surface area contributed by atoms with E-state index >= 15 is 0 Å². The molecule has 0 spiro atoms. The molecule has 0 aliphatic carbocycles. The van der Waals surface area contributed by atoms with Crippen LogP contribution in [0.4, 0.5) is 5.69 Å². The van der Waals surface area contributed by atoms with Crippen molar-refractivity contribution >= 4 is 40.7 Å². The van der Waals surface area contributed by atoms with Crippen molar-refractivity contribution in [1.82, 2.24) is 10.2 Å². The van der Waals surface area contributed by atoms with Crippen LogP contribution in [0.25, 0.3) is 0 Å². The molecule has 1 fully saturated rings. The first kappa shape index (κ1) is 14.5. The molecule has 1 aromatic carbocycles. The Bertz CT molecular complexity index is 606. The third kappa shape index (κ3) is 2.83. The highest BCUT2D eigenvalue weighted by atomic mass is 35.5. The Balaban J connectivity index is 2.35. The van der Waals surface area contributed by atoms with E-state index in [4.69, 9.17) is 23.2 Å². The summed E-state index contributed by atoms with van der Waals surface area (Å²) >= 11 is 11.5. The van der Waals surface area contributed by atoms with Crippen LogP contribution >= 0.6 is 23.2 Å². The van der Waals surface area contributed by atoms with Crippen LogP contribution in [0.1, 0.15) is 10.4 Å². The third-order valence-corrected chi connectivity index (χ3v) is 3.57. The zero-order valence-corrected chi connectivity index (χ0v) is 11.6. The van der Waals surface area contributed by atoms with E-state index in [0.29, 0.717) is 13.1 Å². The smallest absolute Gasteiger partial charge is 0.290 e. The number of halogens is 2. The number of hydrogen-bond acceptors (Lipinski definition) is 4. The lowest BCUT2D eigenvalue weighted by molar-refractivity contribution is -0.384. The molecule has 7 nitrogen and oxygen atoms in total. The molecule has 1 aromatic rings. The highest BCUT2D eigenvalue weighted by Gasteiger charge is 2.26. The predicted molar refractivity (Wildman–Crippen MR) is 72.0 cm³/mol. The van der Waals surface area contributed by atoms with Crippen LogP contribution in [-0.2, 0) is 4.79 Å². The van der Waals surface area contributed by atoms with Gasteiger partial charge in [0.25, 0.3) is 11.6 Å². The average molecular weight is 318 g/mol. The SMILES string of the molecule is O=C1CN(C(=O)c2cc(Cl)c(Cl)c([N+](=O)[O-])c2)CCN1. The third-order valence-electron chi connectivity index (χ3n) is 2.78. The molecule has 1 heterocycles. The number of benzene rings is 1. The van der Waals surface area contributed by atoms with Crippen LogP contribution in [0, 0.1) is 10.1 Å². The molecule has 0 unspecified atom stereocenters. The van der Waals surface area contributed by atoms with Gasteiger partial charge in [-0.3, -0.25) is 19.7 Å². The van der Waals surface area contributed by atoms with Gasteiger partial charge < -0.3 is 10.2 Å².